The van der Waals surface area contributed by atoms with Crippen LogP contribution in [0.25, 0.3) is 98.4 Å². The monoisotopic (exact) mass is 1430 g/mol. The maximum atomic E-state index is 12.4. The van der Waals surface area contributed by atoms with Gasteiger partial charge in [0.2, 0.25) is 0 Å². The van der Waals surface area contributed by atoms with E-state index in [1.807, 2.05) is 66.7 Å². The van der Waals surface area contributed by atoms with Crippen LogP contribution >= 0.6 is 0 Å². The zero-order chi connectivity index (χ0) is 75.6. The van der Waals surface area contributed by atoms with E-state index in [9.17, 15) is 28.8 Å². The Morgan fingerprint density at radius 1 is 0.458 bits per heavy atom. The second-order valence-electron chi connectivity index (χ2n) is 30.4. The fourth-order valence-corrected chi connectivity index (χ4v) is 17.4. The minimum Gasteiger partial charge on any atom is -0.340 e. The van der Waals surface area contributed by atoms with Crippen molar-refractivity contribution >= 4 is 133 Å². The summed E-state index contributed by atoms with van der Waals surface area (Å²) in [6, 6.07) is 44.1. The van der Waals surface area contributed by atoms with Gasteiger partial charge in [-0.2, -0.15) is 0 Å². The molecular weight excluding hydrogens is 1330 g/mol. The van der Waals surface area contributed by atoms with Crippen LogP contribution in [0.2, 0.25) is 0 Å². The third-order valence-electron chi connectivity index (χ3n) is 23.3. The van der Waals surface area contributed by atoms with E-state index in [-0.39, 0.29) is 28.9 Å². The van der Waals surface area contributed by atoms with E-state index in [1.54, 1.807) is 34.6 Å². The average molecular weight is 1430 g/mol. The maximum absolute atomic E-state index is 12.4. The lowest BCUT2D eigenvalue weighted by Gasteiger charge is -2.20. The normalized spacial score (nSPS) is 14.8. The number of likely N-dealkylation sites (tertiary alicyclic amines) is 1. The van der Waals surface area contributed by atoms with Crippen molar-refractivity contribution in [1.29, 1.82) is 0 Å². The molecular formula is C93H106N8O6. The van der Waals surface area contributed by atoms with Crippen LogP contribution in [0.15, 0.2) is 141 Å². The SMILES string of the molecule is C=C1CCc2c1ccc1c2c2c3c(ccc2n1CCN(CC)CC)C(=O)CC3.C=C1CCc2c1ccc1c2c2cc(C(C)=O)ccc2n1CCCNCCC.CC(=O)c1ccc2c(c1)c1cc(C(C)=O)ccc1n2CCC1CCCN1C.CC(=O)c1ccc2c(c1)c1cc(C(C)=O)ccc1n2CCNC(C)C. The Morgan fingerprint density at radius 3 is 1.29 bits per heavy atom. The van der Waals surface area contributed by atoms with Crippen LogP contribution in [-0.4, -0.2) is 128 Å². The lowest BCUT2D eigenvalue weighted by Crippen LogP contribution is -2.26. The van der Waals surface area contributed by atoms with Crippen molar-refractivity contribution in [1.82, 2.24) is 38.7 Å². The third kappa shape index (κ3) is 15.1. The summed E-state index contributed by atoms with van der Waals surface area (Å²) in [4.78, 5) is 76.6. The van der Waals surface area contributed by atoms with Gasteiger partial charge in [-0.15, -0.1) is 0 Å². The largest absolute Gasteiger partial charge is 0.340 e. The lowest BCUT2D eigenvalue weighted by atomic mass is 9.97. The highest BCUT2D eigenvalue weighted by Crippen LogP contribution is 2.45. The number of hydrogen-bond acceptors (Lipinski definition) is 10. The molecule has 14 heteroatoms. The fraction of sp³-hybridized carbons (Fsp3) is 0.376. The number of benzene rings is 8. The second kappa shape index (κ2) is 32.4. The zero-order valence-corrected chi connectivity index (χ0v) is 64.9. The Labute approximate surface area is 629 Å². The van der Waals surface area contributed by atoms with Crippen LogP contribution in [-0.2, 0) is 45.4 Å². The Balaban J connectivity index is 0.000000126. The first kappa shape index (κ1) is 75.5. The van der Waals surface area contributed by atoms with Crippen LogP contribution in [0.1, 0.15) is 211 Å². The Kier molecular flexibility index (Phi) is 22.9. The van der Waals surface area contributed by atoms with Gasteiger partial charge in [0.25, 0.3) is 0 Å². The van der Waals surface area contributed by atoms with Crippen LogP contribution in [0.5, 0.6) is 0 Å². The smallest absolute Gasteiger partial charge is 0.163 e. The molecule has 4 aromatic heterocycles. The number of carbonyl (C=O) groups excluding carboxylic acids is 6. The molecule has 8 aromatic carbocycles. The number of aromatic nitrogens is 4. The molecule has 12 aromatic rings. The van der Waals surface area contributed by atoms with Gasteiger partial charge in [-0.1, -0.05) is 59.9 Å². The number of rotatable bonds is 23. The van der Waals surface area contributed by atoms with Crippen molar-refractivity contribution in [2.45, 2.75) is 178 Å². The van der Waals surface area contributed by atoms with Gasteiger partial charge in [-0.25, -0.2) is 0 Å². The van der Waals surface area contributed by atoms with E-state index >= 15 is 0 Å². The minimum absolute atomic E-state index is 0.0481. The number of allylic oxidation sites excluding steroid dienone is 2. The molecule has 554 valence electrons. The molecule has 16 rings (SSSR count). The molecule has 1 fully saturated rings. The summed E-state index contributed by atoms with van der Waals surface area (Å²) >= 11 is 0. The van der Waals surface area contributed by atoms with Gasteiger partial charge in [-0.05, 0) is 293 Å². The van der Waals surface area contributed by atoms with E-state index in [0.29, 0.717) is 46.5 Å². The second-order valence-corrected chi connectivity index (χ2v) is 30.4. The first-order chi connectivity index (χ1) is 51.6. The van der Waals surface area contributed by atoms with Crippen LogP contribution in [0, 0.1) is 0 Å². The van der Waals surface area contributed by atoms with Gasteiger partial charge in [0, 0.05) is 178 Å². The van der Waals surface area contributed by atoms with Gasteiger partial charge in [-0.3, -0.25) is 28.8 Å². The highest BCUT2D eigenvalue weighted by Gasteiger charge is 2.30. The van der Waals surface area contributed by atoms with E-state index in [4.69, 9.17) is 0 Å². The Bertz CT molecular complexity index is 5320. The van der Waals surface area contributed by atoms with Crippen LogP contribution < -0.4 is 10.6 Å². The number of carbonyl (C=O) groups is 6. The summed E-state index contributed by atoms with van der Waals surface area (Å²) in [7, 11) is 2.21. The van der Waals surface area contributed by atoms with Gasteiger partial charge in [0.05, 0.1) is 0 Å². The minimum atomic E-state index is 0.0481. The molecule has 1 saturated heterocycles. The van der Waals surface area contributed by atoms with E-state index < -0.39 is 0 Å². The molecule has 0 spiro atoms. The molecule has 4 aliphatic rings. The van der Waals surface area contributed by atoms with E-state index in [0.717, 1.165) is 165 Å². The summed E-state index contributed by atoms with van der Waals surface area (Å²) in [6.45, 7) is 38.5. The third-order valence-corrected chi connectivity index (χ3v) is 23.3. The average Bonchev–Trinajstić information content (AvgIpc) is 1.57. The molecule has 1 unspecified atom stereocenters. The van der Waals surface area contributed by atoms with Gasteiger partial charge < -0.3 is 38.7 Å². The summed E-state index contributed by atoms with van der Waals surface area (Å²) in [5.41, 5.74) is 23.4. The lowest BCUT2D eigenvalue weighted by molar-refractivity contribution is 0.0989. The molecule has 1 aliphatic heterocycles. The van der Waals surface area contributed by atoms with Crippen molar-refractivity contribution in [3.8, 4) is 0 Å². The summed E-state index contributed by atoms with van der Waals surface area (Å²) in [5.74, 6) is 0.650. The molecule has 0 amide bonds. The number of hydrogen-bond donors (Lipinski definition) is 2. The van der Waals surface area contributed by atoms with E-state index in [1.165, 1.54) is 108 Å². The number of Topliss-reactive ketones (excluding diaryl/α,β-unsaturated/α-hetero) is 6. The van der Waals surface area contributed by atoms with Crippen LogP contribution in [0.4, 0.5) is 0 Å². The van der Waals surface area contributed by atoms with Crippen molar-refractivity contribution in [3.63, 3.8) is 0 Å². The standard InChI is InChI=1S/C25H28N2O.C24H28N2O.C23H26N2O2.C21H24N2O2/c1-4-26(5-2)14-15-27-21-11-8-17-16(3)6-7-19(17)24(21)25-20-10-13-23(28)18(20)9-12-22(25)27;1-4-12-25-13-5-14-26-22-10-7-18(17(3)27)15-21(22)24-20-8-6-16(2)19(20)9-11-23(24)26;1-15(26)17-6-8-22-20(13-17)21-14-18(16(2)27)7-9-23(21)25(22)12-10-19-5-4-11-24(19)3;1-13(2)22-9-10-23-20-7-5-16(14(3)24)11-18(20)19-12-17(15(4)25)6-8-21(19)23/h8-9,11-12H,3-7,10,13-15H2,1-2H3;7,9-11,15,25H,2,4-6,8,12-14H2,1,3H3;6-9,13-14,19H,4-5,10-12H2,1-3H3;5-8,11-13,22H,9-10H2,1-4H3. The van der Waals surface area contributed by atoms with Gasteiger partial charge in [0.1, 0.15) is 0 Å². The fourth-order valence-electron chi connectivity index (χ4n) is 17.4. The number of nitrogens with zero attached hydrogens (tertiary/aromatic N) is 6. The quantitative estimate of drug-likeness (QED) is 0.0467. The first-order valence-electron chi connectivity index (χ1n) is 39.2. The molecule has 5 heterocycles. The highest BCUT2D eigenvalue weighted by atomic mass is 16.1. The van der Waals surface area contributed by atoms with Crippen molar-refractivity contribution in [2.75, 3.05) is 52.9 Å². The Morgan fingerprint density at radius 2 is 0.850 bits per heavy atom. The zero-order valence-electron chi connectivity index (χ0n) is 64.9. The molecule has 2 N–H and O–H groups in total. The molecule has 107 heavy (non-hydrogen) atoms. The first-order valence-corrected chi connectivity index (χ1v) is 39.2. The van der Waals surface area contributed by atoms with Crippen molar-refractivity contribution < 1.29 is 28.8 Å². The highest BCUT2D eigenvalue weighted by molar-refractivity contribution is 6.19. The molecule has 3 aliphatic carbocycles. The van der Waals surface area contributed by atoms with E-state index in [2.05, 4.69) is 154 Å². The number of fused-ring (bicyclic) bond motifs is 18. The number of aryl methyl sites for hydroxylation is 5. The van der Waals surface area contributed by atoms with Crippen molar-refractivity contribution in [2.24, 2.45) is 0 Å². The van der Waals surface area contributed by atoms with Gasteiger partial charge in [0.15, 0.2) is 34.7 Å². The number of nitrogens with one attached hydrogen (secondary N) is 2. The summed E-state index contributed by atoms with van der Waals surface area (Å²) in [5, 5.41) is 16.4. The number of ketones is 6. The molecule has 14 nitrogen and oxygen atoms in total. The Hall–Kier alpha value is -9.70. The molecule has 0 bridgehead atoms. The van der Waals surface area contributed by atoms with Crippen molar-refractivity contribution in [3.05, 3.63) is 202 Å². The summed E-state index contributed by atoms with van der Waals surface area (Å²) < 4.78 is 9.54. The van der Waals surface area contributed by atoms with Gasteiger partial charge >= 0.3 is 0 Å². The van der Waals surface area contributed by atoms with Crippen LogP contribution in [0.3, 0.4) is 0 Å². The maximum Gasteiger partial charge on any atom is 0.163 e. The predicted molar refractivity (Wildman–Crippen MR) is 444 cm³/mol. The molecule has 1 atom stereocenters. The topological polar surface area (TPSA) is 153 Å². The predicted octanol–water partition coefficient (Wildman–Crippen LogP) is 19.5. The molecule has 0 radical (unpaired) electrons. The molecule has 0 saturated carbocycles. The number of likely N-dealkylation sites (N-methyl/N-ethyl adjacent to an activating group) is 1. The summed E-state index contributed by atoms with van der Waals surface area (Å²) in [6.07, 6.45) is 11.6.